The van der Waals surface area contributed by atoms with Crippen molar-refractivity contribution in [2.45, 2.75) is 72.6 Å². The Labute approximate surface area is 257 Å². The maximum atomic E-state index is 13.6. The molecule has 0 aliphatic rings. The molecule has 4 N–H and O–H groups in total. The molecule has 0 bridgehead atoms. The van der Waals surface area contributed by atoms with Crippen LogP contribution in [0, 0.1) is 23.6 Å². The second-order valence-electron chi connectivity index (χ2n) is 12.0. The topological polar surface area (TPSA) is 128 Å². The highest BCUT2D eigenvalue weighted by atomic mass is 32.2. The van der Waals surface area contributed by atoms with Gasteiger partial charge in [0, 0.05) is 36.9 Å². The van der Waals surface area contributed by atoms with Crippen molar-refractivity contribution in [2.24, 2.45) is 17.8 Å². The molecule has 2 aromatic carbocycles. The number of halogens is 1. The molecule has 0 radical (unpaired) electrons. The minimum atomic E-state index is -1.43. The van der Waals surface area contributed by atoms with Crippen molar-refractivity contribution in [3.8, 4) is 0 Å². The van der Waals surface area contributed by atoms with Crippen LogP contribution in [0.3, 0.4) is 0 Å². The van der Waals surface area contributed by atoms with Gasteiger partial charge in [0.2, 0.25) is 5.91 Å². The largest absolute Gasteiger partial charge is 0.391 e. The first-order valence-electron chi connectivity index (χ1n) is 14.6. The highest BCUT2D eigenvalue weighted by molar-refractivity contribution is 7.85. The lowest BCUT2D eigenvalue weighted by molar-refractivity contribution is -0.125. The zero-order valence-electron chi connectivity index (χ0n) is 26.4. The van der Waals surface area contributed by atoms with Gasteiger partial charge >= 0.3 is 0 Å². The third-order valence-corrected chi connectivity index (χ3v) is 8.12. The van der Waals surface area contributed by atoms with E-state index in [0.717, 1.165) is 0 Å². The first kappa shape index (κ1) is 35.9. The molecule has 0 aliphatic carbocycles. The zero-order valence-corrected chi connectivity index (χ0v) is 27.3. The first-order chi connectivity index (χ1) is 20.1. The minimum Gasteiger partial charge on any atom is -0.391 e. The van der Waals surface area contributed by atoms with Gasteiger partial charge in [-0.3, -0.25) is 18.7 Å². The smallest absolute Gasteiger partial charge is 0.251 e. The van der Waals surface area contributed by atoms with Crippen LogP contribution in [0.15, 0.2) is 42.5 Å². The van der Waals surface area contributed by atoms with Crippen LogP contribution in [0.1, 0.15) is 86.7 Å². The molecule has 0 spiro atoms. The number of rotatable bonds is 15. The van der Waals surface area contributed by atoms with E-state index in [1.54, 1.807) is 39.1 Å². The summed E-state index contributed by atoms with van der Waals surface area (Å²) in [6.07, 6.45) is 1.12. The standard InChI is InChI=1S/C32H47FN4O5S/c1-19(2)13-28(29(38)14-21(5)30(39)34-18-20(3)4)36-32(41)25-15-24(16-27(17-25)37(7)43(8)42)31(40)35-22(6)23-9-11-26(33)12-10-23/h9-12,15-17,19-22,28-29,38H,13-14,18H2,1-8H3,(H,34,39)(H,35,40)(H,36,41)/t21-,22?,28+,29+,43?/m1/s1. The molecule has 11 heteroatoms. The number of benzene rings is 2. The number of hydrogen-bond donors (Lipinski definition) is 4. The van der Waals surface area contributed by atoms with Crippen LogP contribution < -0.4 is 20.3 Å². The van der Waals surface area contributed by atoms with E-state index in [0.29, 0.717) is 30.1 Å². The predicted molar refractivity (Wildman–Crippen MR) is 170 cm³/mol. The van der Waals surface area contributed by atoms with E-state index >= 15 is 0 Å². The fourth-order valence-corrected chi connectivity index (χ4v) is 4.90. The summed E-state index contributed by atoms with van der Waals surface area (Å²) in [6.45, 7) is 12.0. The molecule has 238 valence electrons. The highest BCUT2D eigenvalue weighted by Gasteiger charge is 2.28. The van der Waals surface area contributed by atoms with Crippen LogP contribution in [-0.2, 0) is 15.8 Å². The van der Waals surface area contributed by atoms with Crippen molar-refractivity contribution in [3.63, 3.8) is 0 Å². The van der Waals surface area contributed by atoms with Gasteiger partial charge in [-0.2, -0.15) is 0 Å². The molecular formula is C32H47FN4O5S. The molecule has 0 saturated carbocycles. The summed E-state index contributed by atoms with van der Waals surface area (Å²) >= 11 is 0. The molecule has 0 aromatic heterocycles. The molecule has 0 fully saturated rings. The number of carbonyl (C=O) groups excluding carboxylic acids is 3. The molecule has 2 aromatic rings. The number of aliphatic hydroxyl groups is 1. The van der Waals surface area contributed by atoms with Crippen LogP contribution in [0.2, 0.25) is 0 Å². The molecule has 2 rings (SSSR count). The van der Waals surface area contributed by atoms with Gasteiger partial charge in [-0.05, 0) is 67.5 Å². The maximum Gasteiger partial charge on any atom is 0.251 e. The molecule has 2 unspecified atom stereocenters. The Morgan fingerprint density at radius 2 is 1.44 bits per heavy atom. The van der Waals surface area contributed by atoms with Crippen LogP contribution in [-0.4, -0.2) is 59.0 Å². The van der Waals surface area contributed by atoms with Crippen LogP contribution in [0.5, 0.6) is 0 Å². The normalized spacial score (nSPS) is 14.9. The predicted octanol–water partition coefficient (Wildman–Crippen LogP) is 4.35. The number of nitrogens with one attached hydrogen (secondary N) is 3. The summed E-state index contributed by atoms with van der Waals surface area (Å²) in [7, 11) is 0.158. The second-order valence-corrected chi connectivity index (χ2v) is 13.4. The van der Waals surface area contributed by atoms with Crippen LogP contribution >= 0.6 is 0 Å². The van der Waals surface area contributed by atoms with Crippen molar-refractivity contribution >= 4 is 34.4 Å². The summed E-state index contributed by atoms with van der Waals surface area (Å²) in [4.78, 5) is 39.4. The lowest BCUT2D eigenvalue weighted by Crippen LogP contribution is -2.46. The van der Waals surface area contributed by atoms with Gasteiger partial charge in [0.25, 0.3) is 11.8 Å². The van der Waals surface area contributed by atoms with E-state index in [1.165, 1.54) is 34.8 Å². The van der Waals surface area contributed by atoms with E-state index in [1.807, 2.05) is 27.7 Å². The summed E-state index contributed by atoms with van der Waals surface area (Å²) in [5.74, 6) is -1.55. The maximum absolute atomic E-state index is 13.6. The quantitative estimate of drug-likeness (QED) is 0.236. The molecule has 3 amide bonds. The summed E-state index contributed by atoms with van der Waals surface area (Å²) in [5.41, 5.74) is 1.42. The number of anilines is 1. The van der Waals surface area contributed by atoms with Crippen molar-refractivity contribution in [1.29, 1.82) is 0 Å². The lowest BCUT2D eigenvalue weighted by Gasteiger charge is -2.28. The highest BCUT2D eigenvalue weighted by Crippen LogP contribution is 2.22. The molecule has 0 aliphatic heterocycles. The Balaban J connectivity index is 2.31. The summed E-state index contributed by atoms with van der Waals surface area (Å²) in [6, 6.07) is 9.22. The fraction of sp³-hybridized carbons (Fsp3) is 0.531. The Hall–Kier alpha value is -3.31. The van der Waals surface area contributed by atoms with Crippen molar-refractivity contribution in [1.82, 2.24) is 16.0 Å². The van der Waals surface area contributed by atoms with E-state index < -0.39 is 46.9 Å². The molecule has 0 saturated heterocycles. The minimum absolute atomic E-state index is 0.138. The number of hydrogen-bond acceptors (Lipinski definition) is 5. The monoisotopic (exact) mass is 618 g/mol. The Kier molecular flexibility index (Phi) is 13.8. The molecular weight excluding hydrogens is 571 g/mol. The Morgan fingerprint density at radius 3 is 1.95 bits per heavy atom. The van der Waals surface area contributed by atoms with E-state index in [-0.39, 0.29) is 35.2 Å². The van der Waals surface area contributed by atoms with Gasteiger partial charge in [-0.25, -0.2) is 8.60 Å². The Bertz CT molecular complexity index is 1270. The van der Waals surface area contributed by atoms with Crippen molar-refractivity contribution < 1.29 is 28.1 Å². The number of carbonyl (C=O) groups is 3. The van der Waals surface area contributed by atoms with Gasteiger partial charge in [0.05, 0.1) is 23.9 Å². The van der Waals surface area contributed by atoms with Gasteiger partial charge in [-0.1, -0.05) is 46.8 Å². The summed E-state index contributed by atoms with van der Waals surface area (Å²) in [5, 5.41) is 19.8. The molecule has 43 heavy (non-hydrogen) atoms. The third kappa shape index (κ3) is 11.4. The van der Waals surface area contributed by atoms with Gasteiger partial charge in [0.15, 0.2) is 0 Å². The number of nitrogens with zero attached hydrogens (tertiary/aromatic N) is 1. The van der Waals surface area contributed by atoms with Crippen LogP contribution in [0.4, 0.5) is 10.1 Å². The zero-order chi connectivity index (χ0) is 32.4. The second kappa shape index (κ2) is 16.5. The van der Waals surface area contributed by atoms with E-state index in [4.69, 9.17) is 0 Å². The Morgan fingerprint density at radius 1 is 0.884 bits per heavy atom. The molecule has 9 nitrogen and oxygen atoms in total. The number of aliphatic hydroxyl groups excluding tert-OH is 1. The lowest BCUT2D eigenvalue weighted by atomic mass is 9.92. The van der Waals surface area contributed by atoms with Gasteiger partial charge < -0.3 is 21.1 Å². The van der Waals surface area contributed by atoms with Crippen LogP contribution in [0.25, 0.3) is 0 Å². The van der Waals surface area contributed by atoms with Crippen molar-refractivity contribution in [2.75, 3.05) is 24.2 Å². The summed E-state index contributed by atoms with van der Waals surface area (Å²) < 4.78 is 27.1. The van der Waals surface area contributed by atoms with Crippen molar-refractivity contribution in [3.05, 3.63) is 65.0 Å². The van der Waals surface area contributed by atoms with E-state index in [9.17, 15) is 28.1 Å². The van der Waals surface area contributed by atoms with Gasteiger partial charge in [-0.15, -0.1) is 0 Å². The third-order valence-electron chi connectivity index (χ3n) is 7.14. The molecule has 5 atom stereocenters. The SMILES string of the molecule is CC(C)CNC(=O)[C@H](C)C[C@H](O)[C@H](CC(C)C)NC(=O)c1cc(C(=O)NC(C)c2ccc(F)cc2)cc(N(C)S(C)=O)c1. The van der Waals surface area contributed by atoms with E-state index in [2.05, 4.69) is 16.0 Å². The van der Waals surface area contributed by atoms with Gasteiger partial charge in [0.1, 0.15) is 16.8 Å². The average molecular weight is 619 g/mol. The average Bonchev–Trinajstić information content (AvgIpc) is 2.94. The fourth-order valence-electron chi connectivity index (χ4n) is 4.50. The molecule has 0 heterocycles. The first-order valence-corrected chi connectivity index (χ1v) is 16.2. The number of amides is 3.